The summed E-state index contributed by atoms with van der Waals surface area (Å²) in [6.07, 6.45) is 3.58. The normalized spacial score (nSPS) is 32.3. The highest BCUT2D eigenvalue weighted by Crippen LogP contribution is 2.22. The first-order chi connectivity index (χ1) is 10.6. The molecule has 1 heterocycles. The van der Waals surface area contributed by atoms with E-state index in [1.165, 1.54) is 38.5 Å². The fraction of sp³-hybridized carbons (Fsp3) is 1.00. The van der Waals surface area contributed by atoms with Gasteiger partial charge in [-0.2, -0.15) is 0 Å². The number of ether oxygens (including phenoxy) is 2. The second-order valence-electron chi connectivity index (χ2n) is 6.04. The molecule has 1 aliphatic rings. The molecule has 1 rings (SSSR count). The molecular weight excluding hydrogens is 288 g/mol. The van der Waals surface area contributed by atoms with Crippen molar-refractivity contribution in [3.63, 3.8) is 0 Å². The maximum Gasteiger partial charge on any atom is 0.186 e. The predicted molar refractivity (Wildman–Crippen MR) is 82.3 cm³/mol. The molecule has 0 spiro atoms. The average molecular weight is 320 g/mol. The molecule has 2 unspecified atom stereocenters. The van der Waals surface area contributed by atoms with Crippen molar-refractivity contribution in [3.8, 4) is 0 Å². The lowest BCUT2D eigenvalue weighted by Crippen LogP contribution is -2.59. The molecule has 0 saturated carbocycles. The predicted octanol–water partition coefficient (Wildman–Crippen LogP) is 0.944. The molecule has 132 valence electrons. The van der Waals surface area contributed by atoms with Gasteiger partial charge in [-0.05, 0) is 6.42 Å². The third kappa shape index (κ3) is 6.48. The van der Waals surface area contributed by atoms with Crippen LogP contribution in [0.4, 0.5) is 0 Å². The Morgan fingerprint density at radius 2 is 1.41 bits per heavy atom. The van der Waals surface area contributed by atoms with Crippen LogP contribution >= 0.6 is 0 Å². The quantitative estimate of drug-likeness (QED) is 0.423. The molecule has 6 nitrogen and oxygen atoms in total. The molecule has 5 atom stereocenters. The van der Waals surface area contributed by atoms with Gasteiger partial charge < -0.3 is 29.9 Å². The van der Waals surface area contributed by atoms with Crippen LogP contribution in [0.15, 0.2) is 0 Å². The topological polar surface area (TPSA) is 99.4 Å². The van der Waals surface area contributed by atoms with Crippen molar-refractivity contribution in [1.29, 1.82) is 0 Å². The van der Waals surface area contributed by atoms with E-state index in [0.717, 1.165) is 12.8 Å². The summed E-state index contributed by atoms with van der Waals surface area (Å²) in [5.74, 6) is 0. The molecule has 0 aliphatic carbocycles. The molecule has 0 amide bonds. The van der Waals surface area contributed by atoms with Gasteiger partial charge in [0.25, 0.3) is 0 Å². The van der Waals surface area contributed by atoms with Crippen LogP contribution in [0.3, 0.4) is 0 Å². The van der Waals surface area contributed by atoms with Gasteiger partial charge in [0, 0.05) is 6.61 Å². The minimum absolute atomic E-state index is 0.428. The van der Waals surface area contributed by atoms with Crippen LogP contribution in [0.5, 0.6) is 0 Å². The molecule has 0 aromatic carbocycles. The van der Waals surface area contributed by atoms with Crippen molar-refractivity contribution in [2.75, 3.05) is 13.2 Å². The zero-order valence-electron chi connectivity index (χ0n) is 13.6. The maximum atomic E-state index is 9.80. The van der Waals surface area contributed by atoms with Crippen LogP contribution in [0.2, 0.25) is 0 Å². The van der Waals surface area contributed by atoms with Crippen LogP contribution in [0.1, 0.15) is 58.3 Å². The first kappa shape index (κ1) is 19.8. The zero-order valence-corrected chi connectivity index (χ0v) is 13.6. The van der Waals surface area contributed by atoms with Crippen LogP contribution in [-0.2, 0) is 9.47 Å². The number of hydrogen-bond donors (Lipinski definition) is 4. The molecule has 1 saturated heterocycles. The lowest BCUT2D eigenvalue weighted by Gasteiger charge is -2.39. The lowest BCUT2D eigenvalue weighted by molar-refractivity contribution is -0.301. The summed E-state index contributed by atoms with van der Waals surface area (Å²) in [7, 11) is 0. The van der Waals surface area contributed by atoms with Crippen molar-refractivity contribution in [2.24, 2.45) is 0 Å². The summed E-state index contributed by atoms with van der Waals surface area (Å²) in [5, 5.41) is 38.2. The van der Waals surface area contributed by atoms with E-state index >= 15 is 0 Å². The van der Waals surface area contributed by atoms with Crippen molar-refractivity contribution in [2.45, 2.75) is 89.0 Å². The SMILES string of the molecule is CCCCCCCCCCO[C@@H]1O[C@H](CO)C(O)[C@H](O)C1O. The van der Waals surface area contributed by atoms with Crippen LogP contribution in [0.25, 0.3) is 0 Å². The summed E-state index contributed by atoms with van der Waals surface area (Å²) < 4.78 is 10.7. The second-order valence-corrected chi connectivity index (χ2v) is 6.04. The van der Waals surface area contributed by atoms with Crippen molar-refractivity contribution < 1.29 is 29.9 Å². The lowest BCUT2D eigenvalue weighted by atomic mass is 9.99. The van der Waals surface area contributed by atoms with Crippen molar-refractivity contribution in [3.05, 3.63) is 0 Å². The average Bonchev–Trinajstić information content (AvgIpc) is 2.53. The Morgan fingerprint density at radius 3 is 2.00 bits per heavy atom. The fourth-order valence-electron chi connectivity index (χ4n) is 2.64. The molecule has 1 fully saturated rings. The molecule has 0 aromatic rings. The van der Waals surface area contributed by atoms with Gasteiger partial charge in [0.2, 0.25) is 0 Å². The molecule has 0 radical (unpaired) electrons. The maximum absolute atomic E-state index is 9.80. The van der Waals surface area contributed by atoms with E-state index in [-0.39, 0.29) is 0 Å². The number of aliphatic hydroxyl groups is 4. The summed E-state index contributed by atoms with van der Waals surface area (Å²) in [4.78, 5) is 0. The van der Waals surface area contributed by atoms with Gasteiger partial charge in [0.05, 0.1) is 6.61 Å². The Balaban J connectivity index is 2.11. The first-order valence-electron chi connectivity index (χ1n) is 8.54. The Kier molecular flexibility index (Phi) is 10.2. The first-order valence-corrected chi connectivity index (χ1v) is 8.54. The van der Waals surface area contributed by atoms with Gasteiger partial charge in [-0.1, -0.05) is 51.9 Å². The Hall–Kier alpha value is -0.240. The highest BCUT2D eigenvalue weighted by Gasteiger charge is 2.43. The summed E-state index contributed by atoms with van der Waals surface area (Å²) in [5.41, 5.74) is 0. The Bertz CT molecular complexity index is 273. The molecular formula is C16H32O6. The minimum atomic E-state index is -1.37. The Labute approximate surface area is 133 Å². The van der Waals surface area contributed by atoms with Crippen molar-refractivity contribution in [1.82, 2.24) is 0 Å². The molecule has 0 bridgehead atoms. The molecule has 22 heavy (non-hydrogen) atoms. The van der Waals surface area contributed by atoms with Gasteiger partial charge in [0.1, 0.15) is 24.4 Å². The van der Waals surface area contributed by atoms with E-state index in [4.69, 9.17) is 14.6 Å². The number of aliphatic hydroxyl groups excluding tert-OH is 4. The fourth-order valence-corrected chi connectivity index (χ4v) is 2.64. The number of hydrogen-bond acceptors (Lipinski definition) is 6. The van der Waals surface area contributed by atoms with Gasteiger partial charge in [-0.25, -0.2) is 0 Å². The van der Waals surface area contributed by atoms with E-state index in [0.29, 0.717) is 6.61 Å². The van der Waals surface area contributed by atoms with Gasteiger partial charge in [-0.15, -0.1) is 0 Å². The molecule has 6 heteroatoms. The number of unbranched alkanes of at least 4 members (excludes halogenated alkanes) is 7. The van der Waals surface area contributed by atoms with E-state index in [1.807, 2.05) is 0 Å². The van der Waals surface area contributed by atoms with E-state index in [9.17, 15) is 15.3 Å². The van der Waals surface area contributed by atoms with Gasteiger partial charge in [0.15, 0.2) is 6.29 Å². The largest absolute Gasteiger partial charge is 0.394 e. The Morgan fingerprint density at radius 1 is 0.818 bits per heavy atom. The molecule has 1 aliphatic heterocycles. The number of rotatable bonds is 11. The second kappa shape index (κ2) is 11.3. The van der Waals surface area contributed by atoms with Crippen molar-refractivity contribution >= 4 is 0 Å². The van der Waals surface area contributed by atoms with Gasteiger partial charge >= 0.3 is 0 Å². The third-order valence-corrected chi connectivity index (χ3v) is 4.13. The minimum Gasteiger partial charge on any atom is -0.394 e. The van der Waals surface area contributed by atoms with E-state index < -0.39 is 37.3 Å². The van der Waals surface area contributed by atoms with Crippen LogP contribution < -0.4 is 0 Å². The van der Waals surface area contributed by atoms with E-state index in [2.05, 4.69) is 6.92 Å². The molecule has 0 aromatic heterocycles. The monoisotopic (exact) mass is 320 g/mol. The van der Waals surface area contributed by atoms with E-state index in [1.54, 1.807) is 0 Å². The summed E-state index contributed by atoms with van der Waals surface area (Å²) in [6, 6.07) is 0. The highest BCUT2D eigenvalue weighted by atomic mass is 16.7. The molecule has 4 N–H and O–H groups in total. The summed E-state index contributed by atoms with van der Waals surface area (Å²) >= 11 is 0. The third-order valence-electron chi connectivity index (χ3n) is 4.13. The zero-order chi connectivity index (χ0) is 16.4. The van der Waals surface area contributed by atoms with Crippen LogP contribution in [-0.4, -0.2) is 64.3 Å². The van der Waals surface area contributed by atoms with Crippen LogP contribution in [0, 0.1) is 0 Å². The van der Waals surface area contributed by atoms with Gasteiger partial charge in [-0.3, -0.25) is 0 Å². The standard InChI is InChI=1S/C16H32O6/c1-2-3-4-5-6-7-8-9-10-21-16-15(20)14(19)13(18)12(11-17)22-16/h12-20H,2-11H2,1H3/t12-,13?,14+,15?,16-/m1/s1. The summed E-state index contributed by atoms with van der Waals surface area (Å²) in [6.45, 7) is 2.20. The highest BCUT2D eigenvalue weighted by molar-refractivity contribution is 4.88. The smallest absolute Gasteiger partial charge is 0.186 e.